The molecule has 1 aliphatic heterocycles. The van der Waals surface area contributed by atoms with Crippen molar-refractivity contribution < 1.29 is 28.5 Å². The van der Waals surface area contributed by atoms with Gasteiger partial charge in [0.15, 0.2) is 12.2 Å². The minimum atomic E-state index is -1.25. The molecule has 3 rings (SSSR count). The fraction of sp³-hybridized carbons (Fsp3) is 0.364. The zero-order valence-corrected chi connectivity index (χ0v) is 18.4. The summed E-state index contributed by atoms with van der Waals surface area (Å²) in [6.07, 6.45) is -3.36. The summed E-state index contributed by atoms with van der Waals surface area (Å²) in [5, 5.41) is 3.90. The Labute approximate surface area is 189 Å². The van der Waals surface area contributed by atoms with Gasteiger partial charge in [-0.2, -0.15) is 0 Å². The summed E-state index contributed by atoms with van der Waals surface area (Å²) < 4.78 is 22.4. The lowest BCUT2D eigenvalue weighted by Gasteiger charge is -2.43. The monoisotopic (exact) mass is 457 g/mol. The number of azide groups is 1. The third-order valence-electron chi connectivity index (χ3n) is 4.72. The number of carbonyl (C=O) groups is 2. The van der Waals surface area contributed by atoms with Crippen molar-refractivity contribution in [2.24, 2.45) is 5.11 Å². The molecule has 168 valence electrons. The number of rotatable bonds is 8. The van der Waals surface area contributed by atoms with Gasteiger partial charge >= 0.3 is 11.9 Å². The molecule has 10 heteroatoms. The van der Waals surface area contributed by atoms with Crippen LogP contribution in [-0.4, -0.2) is 48.8 Å². The highest BCUT2D eigenvalue weighted by molar-refractivity contribution is 7.99. The molecule has 0 aromatic heterocycles. The molecule has 0 amide bonds. The Bertz CT molecular complexity index is 955. The van der Waals surface area contributed by atoms with Crippen molar-refractivity contribution in [3.8, 4) is 0 Å². The van der Waals surface area contributed by atoms with Crippen molar-refractivity contribution in [1.29, 1.82) is 0 Å². The maximum atomic E-state index is 12.5. The summed E-state index contributed by atoms with van der Waals surface area (Å²) >= 11 is 1.28. The molecule has 0 spiro atoms. The van der Waals surface area contributed by atoms with Crippen molar-refractivity contribution >= 4 is 23.7 Å². The van der Waals surface area contributed by atoms with E-state index >= 15 is 0 Å². The highest BCUT2D eigenvalue weighted by Crippen LogP contribution is 2.38. The highest BCUT2D eigenvalue weighted by atomic mass is 32.2. The number of ether oxygens (including phenoxy) is 4. The molecule has 1 heterocycles. The number of hydrogen-bond acceptors (Lipinski definition) is 8. The molecule has 5 atom stereocenters. The third-order valence-corrected chi connectivity index (χ3v) is 5.89. The number of methoxy groups -OCH3 is 1. The van der Waals surface area contributed by atoms with E-state index in [-0.39, 0.29) is 6.61 Å². The van der Waals surface area contributed by atoms with E-state index in [4.69, 9.17) is 18.9 Å². The van der Waals surface area contributed by atoms with E-state index in [0.29, 0.717) is 0 Å². The van der Waals surface area contributed by atoms with Gasteiger partial charge in [0.2, 0.25) is 0 Å². The fourth-order valence-electron chi connectivity index (χ4n) is 3.32. The van der Waals surface area contributed by atoms with Gasteiger partial charge in [0.05, 0.1) is 13.7 Å². The Balaban J connectivity index is 1.97. The first-order valence-electron chi connectivity index (χ1n) is 9.85. The summed E-state index contributed by atoms with van der Waals surface area (Å²) in [4.78, 5) is 28.2. The van der Waals surface area contributed by atoms with Crippen molar-refractivity contribution in [1.82, 2.24) is 0 Å². The van der Waals surface area contributed by atoms with Crippen LogP contribution in [0.3, 0.4) is 0 Å². The number of hydrogen-bond donors (Lipinski definition) is 0. The van der Waals surface area contributed by atoms with Crippen LogP contribution < -0.4 is 0 Å². The van der Waals surface area contributed by atoms with Gasteiger partial charge in [-0.05, 0) is 23.2 Å². The van der Waals surface area contributed by atoms with Gasteiger partial charge < -0.3 is 18.9 Å². The largest absolute Gasteiger partial charge is 0.467 e. The van der Waals surface area contributed by atoms with Gasteiger partial charge in [0.25, 0.3) is 0 Å². The van der Waals surface area contributed by atoms with Gasteiger partial charge in [-0.15, -0.1) is 0 Å². The van der Waals surface area contributed by atoms with Crippen LogP contribution in [-0.2, 0) is 35.1 Å². The fourth-order valence-corrected chi connectivity index (χ4v) is 4.43. The van der Waals surface area contributed by atoms with Crippen molar-refractivity contribution in [2.45, 2.75) is 48.2 Å². The van der Waals surface area contributed by atoms with Crippen LogP contribution >= 0.6 is 11.8 Å². The highest BCUT2D eigenvalue weighted by Gasteiger charge is 2.52. The maximum absolute atomic E-state index is 12.5. The van der Waals surface area contributed by atoms with Gasteiger partial charge in [-0.1, -0.05) is 65.4 Å². The molecule has 0 radical (unpaired) electrons. The Morgan fingerprint density at radius 2 is 1.75 bits per heavy atom. The topological polar surface area (TPSA) is 120 Å². The van der Waals surface area contributed by atoms with E-state index in [9.17, 15) is 15.1 Å². The molecule has 9 nitrogen and oxygen atoms in total. The Hall–Kier alpha value is -3.04. The molecule has 1 saturated heterocycles. The minimum absolute atomic E-state index is 0.150. The van der Waals surface area contributed by atoms with Crippen molar-refractivity contribution in [3.05, 3.63) is 76.7 Å². The summed E-state index contributed by atoms with van der Waals surface area (Å²) in [5.74, 6) is -1.35. The van der Waals surface area contributed by atoms with Gasteiger partial charge in [0, 0.05) is 16.7 Å². The molecule has 1 aliphatic rings. The lowest BCUT2D eigenvalue weighted by molar-refractivity contribution is -0.210. The molecule has 2 aromatic carbocycles. The molecule has 0 bridgehead atoms. The van der Waals surface area contributed by atoms with Crippen LogP contribution in [0.4, 0.5) is 0 Å². The normalized spacial score (nSPS) is 24.8. The van der Waals surface area contributed by atoms with Crippen molar-refractivity contribution in [2.75, 3.05) is 7.11 Å². The van der Waals surface area contributed by atoms with Crippen LogP contribution in [0.5, 0.6) is 0 Å². The molecule has 0 N–H and O–H groups in total. The SMILES string of the molecule is COC(=O)[C@H]1O[C@H](Sc2ccccc2)[C@H](N=[N+]=[N-])[C@@H](OCc2ccccc2)[C@@H]1OC(C)=O. The first-order valence-corrected chi connectivity index (χ1v) is 10.7. The standard InChI is InChI=1S/C22H23N3O6S/c1-14(26)30-19-18(29-13-15-9-5-3-6-10-15)17(24-25-23)22(31-20(19)21(27)28-2)32-16-11-7-4-8-12-16/h3-12,17-20,22H,13H2,1-2H3/t17-,18-,19+,20+,22-/m1/s1. The van der Waals surface area contributed by atoms with Crippen LogP contribution in [0.1, 0.15) is 12.5 Å². The van der Waals surface area contributed by atoms with E-state index in [2.05, 4.69) is 10.0 Å². The second kappa shape index (κ2) is 11.5. The van der Waals surface area contributed by atoms with Gasteiger partial charge in [0.1, 0.15) is 17.6 Å². The van der Waals surface area contributed by atoms with Crippen LogP contribution in [0.15, 0.2) is 70.7 Å². The van der Waals surface area contributed by atoms with Crippen LogP contribution in [0.2, 0.25) is 0 Å². The lowest BCUT2D eigenvalue weighted by atomic mass is 9.97. The maximum Gasteiger partial charge on any atom is 0.339 e. The summed E-state index contributed by atoms with van der Waals surface area (Å²) in [5.41, 5.74) is 9.31. The average Bonchev–Trinajstić information content (AvgIpc) is 2.80. The van der Waals surface area contributed by atoms with E-state index in [1.54, 1.807) is 0 Å². The number of benzene rings is 2. The summed E-state index contributed by atoms with van der Waals surface area (Å²) in [7, 11) is 1.22. The van der Waals surface area contributed by atoms with Crippen LogP contribution in [0, 0.1) is 0 Å². The molecule has 0 unspecified atom stereocenters. The zero-order valence-electron chi connectivity index (χ0n) is 17.6. The minimum Gasteiger partial charge on any atom is -0.467 e. The second-order valence-corrected chi connectivity index (χ2v) is 8.08. The van der Waals surface area contributed by atoms with E-state index in [1.807, 2.05) is 60.7 Å². The van der Waals surface area contributed by atoms with E-state index in [1.165, 1.54) is 25.8 Å². The molecule has 32 heavy (non-hydrogen) atoms. The average molecular weight is 458 g/mol. The Morgan fingerprint density at radius 3 is 2.34 bits per heavy atom. The molecule has 2 aromatic rings. The molecule has 1 fully saturated rings. The zero-order chi connectivity index (χ0) is 22.9. The van der Waals surface area contributed by atoms with E-state index < -0.39 is 41.7 Å². The summed E-state index contributed by atoms with van der Waals surface area (Å²) in [6.45, 7) is 1.37. The molecule has 0 saturated carbocycles. The molecular weight excluding hydrogens is 434 g/mol. The number of thioether (sulfide) groups is 1. The number of carbonyl (C=O) groups excluding carboxylic acids is 2. The predicted molar refractivity (Wildman–Crippen MR) is 116 cm³/mol. The predicted octanol–water partition coefficient (Wildman–Crippen LogP) is 3.87. The van der Waals surface area contributed by atoms with Crippen LogP contribution in [0.25, 0.3) is 10.4 Å². The first kappa shape index (κ1) is 23.6. The smallest absolute Gasteiger partial charge is 0.339 e. The third kappa shape index (κ3) is 6.02. The number of nitrogens with zero attached hydrogens (tertiary/aromatic N) is 3. The Kier molecular flexibility index (Phi) is 8.52. The molecular formula is C22H23N3O6S. The lowest BCUT2D eigenvalue weighted by Crippen LogP contribution is -2.60. The molecule has 0 aliphatic carbocycles. The van der Waals surface area contributed by atoms with Gasteiger partial charge in [-0.3, -0.25) is 4.79 Å². The Morgan fingerprint density at radius 1 is 1.09 bits per heavy atom. The van der Waals surface area contributed by atoms with Gasteiger partial charge in [-0.25, -0.2) is 4.79 Å². The quantitative estimate of drug-likeness (QED) is 0.255. The summed E-state index contributed by atoms with van der Waals surface area (Å²) in [6, 6.07) is 17.8. The van der Waals surface area contributed by atoms with Crippen molar-refractivity contribution in [3.63, 3.8) is 0 Å². The second-order valence-electron chi connectivity index (χ2n) is 6.91. The van der Waals surface area contributed by atoms with E-state index in [0.717, 1.165) is 10.5 Å². The number of esters is 2. The first-order chi connectivity index (χ1) is 15.5.